The normalized spacial score (nSPS) is 18.9. The summed E-state index contributed by atoms with van der Waals surface area (Å²) < 4.78 is 5.66. The molecule has 116 valence electrons. The molecule has 2 rings (SSSR count). The van der Waals surface area contributed by atoms with Gasteiger partial charge in [-0.2, -0.15) is 0 Å². The van der Waals surface area contributed by atoms with Crippen LogP contribution in [-0.4, -0.2) is 30.0 Å². The second-order valence-electron chi connectivity index (χ2n) is 6.16. The van der Waals surface area contributed by atoms with Crippen LogP contribution in [0.25, 0.3) is 0 Å². The SMILES string of the molecule is CCC1CCCCN1C(=O)COc1ccc(C(C)C)cc1. The largest absolute Gasteiger partial charge is 0.484 e. The second kappa shape index (κ2) is 7.48. The van der Waals surface area contributed by atoms with Crippen molar-refractivity contribution in [2.45, 2.75) is 58.4 Å². The van der Waals surface area contributed by atoms with Crippen molar-refractivity contribution in [2.75, 3.05) is 13.2 Å². The van der Waals surface area contributed by atoms with E-state index in [-0.39, 0.29) is 12.5 Å². The van der Waals surface area contributed by atoms with E-state index in [4.69, 9.17) is 4.74 Å². The van der Waals surface area contributed by atoms with Crippen LogP contribution in [-0.2, 0) is 4.79 Å². The summed E-state index contributed by atoms with van der Waals surface area (Å²) >= 11 is 0. The molecule has 0 spiro atoms. The highest BCUT2D eigenvalue weighted by molar-refractivity contribution is 5.78. The van der Waals surface area contributed by atoms with Gasteiger partial charge in [-0.1, -0.05) is 32.9 Å². The number of hydrogen-bond donors (Lipinski definition) is 0. The van der Waals surface area contributed by atoms with E-state index < -0.39 is 0 Å². The van der Waals surface area contributed by atoms with Gasteiger partial charge in [-0.25, -0.2) is 0 Å². The number of hydrogen-bond acceptors (Lipinski definition) is 2. The van der Waals surface area contributed by atoms with Crippen LogP contribution in [0.4, 0.5) is 0 Å². The Balaban J connectivity index is 1.88. The van der Waals surface area contributed by atoms with Gasteiger partial charge < -0.3 is 9.64 Å². The molecule has 1 aliphatic heterocycles. The number of piperidine rings is 1. The van der Waals surface area contributed by atoms with Crippen molar-refractivity contribution in [1.29, 1.82) is 0 Å². The van der Waals surface area contributed by atoms with Crippen molar-refractivity contribution in [2.24, 2.45) is 0 Å². The molecule has 1 aliphatic rings. The average molecular weight is 289 g/mol. The Hall–Kier alpha value is -1.51. The number of benzene rings is 1. The molecule has 0 bridgehead atoms. The molecular weight excluding hydrogens is 262 g/mol. The number of amides is 1. The molecule has 0 aromatic heterocycles. The molecule has 1 atom stereocenters. The Morgan fingerprint density at radius 2 is 2.00 bits per heavy atom. The first-order chi connectivity index (χ1) is 10.1. The Kier molecular flexibility index (Phi) is 5.66. The minimum Gasteiger partial charge on any atom is -0.484 e. The highest BCUT2D eigenvalue weighted by Crippen LogP contribution is 2.21. The van der Waals surface area contributed by atoms with E-state index in [1.807, 2.05) is 17.0 Å². The second-order valence-corrected chi connectivity index (χ2v) is 6.16. The first kappa shape index (κ1) is 15.9. The number of carbonyl (C=O) groups is 1. The Morgan fingerprint density at radius 1 is 1.29 bits per heavy atom. The van der Waals surface area contributed by atoms with Crippen LogP contribution in [0, 0.1) is 0 Å². The molecule has 0 saturated carbocycles. The van der Waals surface area contributed by atoms with Gasteiger partial charge in [0.25, 0.3) is 5.91 Å². The van der Waals surface area contributed by atoms with Crippen LogP contribution >= 0.6 is 0 Å². The maximum absolute atomic E-state index is 12.3. The molecule has 0 radical (unpaired) electrons. The summed E-state index contributed by atoms with van der Waals surface area (Å²) in [5, 5.41) is 0. The van der Waals surface area contributed by atoms with E-state index in [1.165, 1.54) is 12.0 Å². The minimum atomic E-state index is 0.120. The van der Waals surface area contributed by atoms with Crippen molar-refractivity contribution < 1.29 is 9.53 Å². The first-order valence-electron chi connectivity index (χ1n) is 8.14. The van der Waals surface area contributed by atoms with Crippen LogP contribution in [0.3, 0.4) is 0 Å². The van der Waals surface area contributed by atoms with Crippen LogP contribution < -0.4 is 4.74 Å². The Morgan fingerprint density at radius 3 is 2.62 bits per heavy atom. The van der Waals surface area contributed by atoms with Gasteiger partial charge in [-0.3, -0.25) is 4.79 Å². The maximum atomic E-state index is 12.3. The number of ether oxygens (including phenoxy) is 1. The Labute approximate surface area is 128 Å². The van der Waals surface area contributed by atoms with E-state index >= 15 is 0 Å². The molecule has 3 heteroatoms. The summed E-state index contributed by atoms with van der Waals surface area (Å²) in [5.74, 6) is 1.41. The topological polar surface area (TPSA) is 29.5 Å². The summed E-state index contributed by atoms with van der Waals surface area (Å²) in [7, 11) is 0. The van der Waals surface area contributed by atoms with Crippen LogP contribution in [0.2, 0.25) is 0 Å². The fourth-order valence-electron chi connectivity index (χ4n) is 2.93. The van der Waals surface area contributed by atoms with Gasteiger partial charge in [-0.15, -0.1) is 0 Å². The third-order valence-electron chi connectivity index (χ3n) is 4.33. The van der Waals surface area contributed by atoms with Crippen molar-refractivity contribution >= 4 is 5.91 Å². The fraction of sp³-hybridized carbons (Fsp3) is 0.611. The lowest BCUT2D eigenvalue weighted by atomic mass is 10.00. The average Bonchev–Trinajstić information content (AvgIpc) is 2.52. The van der Waals surface area contributed by atoms with E-state index in [0.29, 0.717) is 12.0 Å². The van der Waals surface area contributed by atoms with Gasteiger partial charge in [-0.05, 0) is 49.3 Å². The van der Waals surface area contributed by atoms with Gasteiger partial charge in [0, 0.05) is 12.6 Å². The van der Waals surface area contributed by atoms with Crippen molar-refractivity contribution in [3.8, 4) is 5.75 Å². The molecule has 1 aromatic rings. The zero-order valence-electron chi connectivity index (χ0n) is 13.5. The number of carbonyl (C=O) groups excluding carboxylic acids is 1. The summed E-state index contributed by atoms with van der Waals surface area (Å²) in [4.78, 5) is 14.3. The highest BCUT2D eigenvalue weighted by atomic mass is 16.5. The van der Waals surface area contributed by atoms with E-state index in [1.54, 1.807) is 0 Å². The number of likely N-dealkylation sites (tertiary alicyclic amines) is 1. The standard InChI is InChI=1S/C18H27NO2/c1-4-16-7-5-6-12-19(16)18(20)13-21-17-10-8-15(9-11-17)14(2)3/h8-11,14,16H,4-7,12-13H2,1-3H3. The lowest BCUT2D eigenvalue weighted by Gasteiger charge is -2.35. The summed E-state index contributed by atoms with van der Waals surface area (Å²) in [6, 6.07) is 8.45. The van der Waals surface area contributed by atoms with Crippen LogP contribution in [0.15, 0.2) is 24.3 Å². The predicted molar refractivity (Wildman–Crippen MR) is 85.7 cm³/mol. The van der Waals surface area contributed by atoms with E-state index in [2.05, 4.69) is 32.9 Å². The van der Waals surface area contributed by atoms with Gasteiger partial charge >= 0.3 is 0 Å². The molecular formula is C18H27NO2. The highest BCUT2D eigenvalue weighted by Gasteiger charge is 2.25. The molecule has 1 amide bonds. The molecule has 21 heavy (non-hydrogen) atoms. The smallest absolute Gasteiger partial charge is 0.260 e. The molecule has 3 nitrogen and oxygen atoms in total. The predicted octanol–water partition coefficient (Wildman–Crippen LogP) is 3.98. The zero-order chi connectivity index (χ0) is 15.2. The van der Waals surface area contributed by atoms with Crippen LogP contribution in [0.5, 0.6) is 5.75 Å². The molecule has 1 heterocycles. The van der Waals surface area contributed by atoms with Crippen molar-refractivity contribution in [3.05, 3.63) is 29.8 Å². The quantitative estimate of drug-likeness (QED) is 0.820. The molecule has 0 aliphatic carbocycles. The lowest BCUT2D eigenvalue weighted by molar-refractivity contribution is -0.137. The van der Waals surface area contributed by atoms with Crippen molar-refractivity contribution in [1.82, 2.24) is 4.90 Å². The van der Waals surface area contributed by atoms with Gasteiger partial charge in [0.1, 0.15) is 5.75 Å². The minimum absolute atomic E-state index is 0.120. The van der Waals surface area contributed by atoms with E-state index in [9.17, 15) is 4.79 Å². The maximum Gasteiger partial charge on any atom is 0.260 e. The third kappa shape index (κ3) is 4.23. The molecule has 1 fully saturated rings. The van der Waals surface area contributed by atoms with Gasteiger partial charge in [0.05, 0.1) is 0 Å². The van der Waals surface area contributed by atoms with Crippen LogP contribution in [0.1, 0.15) is 57.9 Å². The molecule has 1 unspecified atom stereocenters. The molecule has 0 N–H and O–H groups in total. The summed E-state index contributed by atoms with van der Waals surface area (Å²) in [5.41, 5.74) is 1.29. The fourth-order valence-corrected chi connectivity index (χ4v) is 2.93. The van der Waals surface area contributed by atoms with E-state index in [0.717, 1.165) is 31.6 Å². The van der Waals surface area contributed by atoms with Crippen molar-refractivity contribution in [3.63, 3.8) is 0 Å². The lowest BCUT2D eigenvalue weighted by Crippen LogP contribution is -2.45. The number of rotatable bonds is 5. The number of nitrogens with zero attached hydrogens (tertiary/aromatic N) is 1. The van der Waals surface area contributed by atoms with Gasteiger partial charge in [0.2, 0.25) is 0 Å². The monoisotopic (exact) mass is 289 g/mol. The van der Waals surface area contributed by atoms with Gasteiger partial charge in [0.15, 0.2) is 6.61 Å². The third-order valence-corrected chi connectivity index (χ3v) is 4.33. The summed E-state index contributed by atoms with van der Waals surface area (Å²) in [6.45, 7) is 7.52. The molecule has 1 aromatic carbocycles. The molecule has 1 saturated heterocycles. The first-order valence-corrected chi connectivity index (χ1v) is 8.14. The Bertz CT molecular complexity index is 453. The summed E-state index contributed by atoms with van der Waals surface area (Å²) in [6.07, 6.45) is 4.52. The zero-order valence-corrected chi connectivity index (χ0v) is 13.5.